The van der Waals surface area contributed by atoms with Crippen LogP contribution in [0.2, 0.25) is 0 Å². The summed E-state index contributed by atoms with van der Waals surface area (Å²) in [6.45, 7) is 11.2. The lowest BCUT2D eigenvalue weighted by atomic mass is 9.98. The second-order valence-electron chi connectivity index (χ2n) is 8.83. The highest BCUT2D eigenvalue weighted by atomic mass is 16.6. The largest absolute Gasteiger partial charge is 0.462 e. The first-order valence-corrected chi connectivity index (χ1v) is 10.1. The van der Waals surface area contributed by atoms with Crippen molar-refractivity contribution in [1.82, 2.24) is 19.7 Å². The monoisotopic (exact) mass is 402 g/mol. The van der Waals surface area contributed by atoms with Gasteiger partial charge in [0, 0.05) is 30.7 Å². The number of ether oxygens (including phenoxy) is 2. The molecule has 0 spiro atoms. The third-order valence-electron chi connectivity index (χ3n) is 4.87. The van der Waals surface area contributed by atoms with E-state index >= 15 is 0 Å². The van der Waals surface area contributed by atoms with Gasteiger partial charge in [-0.25, -0.2) is 19.3 Å². The molecule has 0 bridgehead atoms. The van der Waals surface area contributed by atoms with Gasteiger partial charge < -0.3 is 14.4 Å². The molecule has 1 saturated heterocycles. The second kappa shape index (κ2) is 8.39. The SMILES string of the molecule is CC(C)n1ncc2cc(C(=O)OCC3CCN(C(=O)OC(C)(C)C)CC3)cnc21. The number of rotatable bonds is 4. The Morgan fingerprint density at radius 3 is 2.52 bits per heavy atom. The molecule has 0 aliphatic carbocycles. The molecule has 2 aromatic rings. The van der Waals surface area contributed by atoms with Crippen LogP contribution in [0.25, 0.3) is 11.0 Å². The molecule has 1 aliphatic rings. The Bertz CT molecular complexity index is 876. The number of pyridine rings is 1. The molecule has 0 N–H and O–H groups in total. The molecule has 8 nitrogen and oxygen atoms in total. The van der Waals surface area contributed by atoms with Gasteiger partial charge >= 0.3 is 12.1 Å². The molecule has 1 amide bonds. The Labute approximate surface area is 171 Å². The van der Waals surface area contributed by atoms with E-state index in [0.29, 0.717) is 25.3 Å². The average molecular weight is 402 g/mol. The van der Waals surface area contributed by atoms with Crippen molar-refractivity contribution >= 4 is 23.1 Å². The van der Waals surface area contributed by atoms with Crippen molar-refractivity contribution in [1.29, 1.82) is 0 Å². The number of aromatic nitrogens is 3. The lowest BCUT2D eigenvalue weighted by Crippen LogP contribution is -2.42. The molecule has 29 heavy (non-hydrogen) atoms. The van der Waals surface area contributed by atoms with E-state index < -0.39 is 5.60 Å². The number of nitrogens with zero attached hydrogens (tertiary/aromatic N) is 4. The van der Waals surface area contributed by atoms with Crippen LogP contribution in [0.3, 0.4) is 0 Å². The quantitative estimate of drug-likeness (QED) is 0.723. The third-order valence-corrected chi connectivity index (χ3v) is 4.87. The zero-order valence-corrected chi connectivity index (χ0v) is 17.8. The van der Waals surface area contributed by atoms with Crippen molar-refractivity contribution in [2.75, 3.05) is 19.7 Å². The number of esters is 1. The summed E-state index contributed by atoms with van der Waals surface area (Å²) < 4.78 is 12.7. The summed E-state index contributed by atoms with van der Waals surface area (Å²) >= 11 is 0. The van der Waals surface area contributed by atoms with Crippen LogP contribution in [0.4, 0.5) is 4.79 Å². The zero-order valence-electron chi connectivity index (χ0n) is 17.8. The van der Waals surface area contributed by atoms with Gasteiger partial charge in [-0.2, -0.15) is 5.10 Å². The predicted molar refractivity (Wildman–Crippen MR) is 109 cm³/mol. The molecule has 8 heteroatoms. The minimum absolute atomic E-state index is 0.198. The molecule has 2 aromatic heterocycles. The van der Waals surface area contributed by atoms with Crippen LogP contribution in [0, 0.1) is 5.92 Å². The normalized spacial score (nSPS) is 15.7. The van der Waals surface area contributed by atoms with Crippen LogP contribution in [-0.4, -0.2) is 57.0 Å². The molecule has 0 radical (unpaired) electrons. The maximum Gasteiger partial charge on any atom is 0.410 e. The van der Waals surface area contributed by atoms with Gasteiger partial charge in [0.25, 0.3) is 0 Å². The van der Waals surface area contributed by atoms with E-state index in [1.807, 2.05) is 39.3 Å². The maximum absolute atomic E-state index is 12.4. The van der Waals surface area contributed by atoms with Crippen LogP contribution < -0.4 is 0 Å². The van der Waals surface area contributed by atoms with Crippen LogP contribution in [0.1, 0.15) is 63.9 Å². The Kier molecular flexibility index (Phi) is 6.10. The summed E-state index contributed by atoms with van der Waals surface area (Å²) in [5.74, 6) is -0.149. The molecule has 0 atom stereocenters. The van der Waals surface area contributed by atoms with Crippen molar-refractivity contribution in [3.05, 3.63) is 24.0 Å². The summed E-state index contributed by atoms with van der Waals surface area (Å²) in [5.41, 5.74) is 0.683. The lowest BCUT2D eigenvalue weighted by molar-refractivity contribution is 0.0115. The van der Waals surface area contributed by atoms with E-state index in [1.165, 1.54) is 6.20 Å². The summed E-state index contributed by atoms with van der Waals surface area (Å²) in [4.78, 5) is 30.6. The fourth-order valence-corrected chi connectivity index (χ4v) is 3.32. The number of hydrogen-bond acceptors (Lipinski definition) is 6. The van der Waals surface area contributed by atoms with Crippen molar-refractivity contribution in [3.8, 4) is 0 Å². The molecule has 1 fully saturated rings. The van der Waals surface area contributed by atoms with Gasteiger partial charge in [-0.3, -0.25) is 0 Å². The fourth-order valence-electron chi connectivity index (χ4n) is 3.32. The third kappa shape index (κ3) is 5.25. The average Bonchev–Trinajstić information content (AvgIpc) is 3.08. The van der Waals surface area contributed by atoms with E-state index in [2.05, 4.69) is 10.1 Å². The van der Waals surface area contributed by atoms with Crippen LogP contribution in [0.15, 0.2) is 18.5 Å². The zero-order chi connectivity index (χ0) is 21.2. The number of amides is 1. The fraction of sp³-hybridized carbons (Fsp3) is 0.619. The summed E-state index contributed by atoms with van der Waals surface area (Å²) in [7, 11) is 0. The maximum atomic E-state index is 12.4. The number of carbonyl (C=O) groups excluding carboxylic acids is 2. The summed E-state index contributed by atoms with van der Waals surface area (Å²) in [5, 5.41) is 5.14. The molecule has 158 valence electrons. The molecular formula is C21H30N4O4. The molecule has 3 rings (SSSR count). The van der Waals surface area contributed by atoms with E-state index in [0.717, 1.165) is 23.9 Å². The first kappa shape index (κ1) is 21.1. The Morgan fingerprint density at radius 1 is 1.21 bits per heavy atom. The first-order chi connectivity index (χ1) is 13.6. The molecular weight excluding hydrogens is 372 g/mol. The van der Waals surface area contributed by atoms with E-state index in [4.69, 9.17) is 9.47 Å². The molecule has 3 heterocycles. The first-order valence-electron chi connectivity index (χ1n) is 10.1. The van der Waals surface area contributed by atoms with Crippen LogP contribution >= 0.6 is 0 Å². The highest BCUT2D eigenvalue weighted by Crippen LogP contribution is 2.21. The Morgan fingerprint density at radius 2 is 1.90 bits per heavy atom. The van der Waals surface area contributed by atoms with Gasteiger partial charge in [0.2, 0.25) is 0 Å². The highest BCUT2D eigenvalue weighted by molar-refractivity contribution is 5.92. The van der Waals surface area contributed by atoms with Gasteiger partial charge in [0.05, 0.1) is 18.4 Å². The summed E-state index contributed by atoms with van der Waals surface area (Å²) in [6, 6.07) is 1.96. The van der Waals surface area contributed by atoms with Gasteiger partial charge in [0.1, 0.15) is 5.60 Å². The van der Waals surface area contributed by atoms with Crippen molar-refractivity contribution in [2.24, 2.45) is 5.92 Å². The molecule has 0 saturated carbocycles. The van der Waals surface area contributed by atoms with E-state index in [-0.39, 0.29) is 24.0 Å². The number of hydrogen-bond donors (Lipinski definition) is 0. The predicted octanol–water partition coefficient (Wildman–Crippen LogP) is 3.82. The minimum atomic E-state index is -0.496. The summed E-state index contributed by atoms with van der Waals surface area (Å²) in [6.07, 6.45) is 4.53. The number of piperidine rings is 1. The molecule has 1 aliphatic heterocycles. The lowest BCUT2D eigenvalue weighted by Gasteiger charge is -2.33. The van der Waals surface area contributed by atoms with Crippen molar-refractivity contribution in [3.63, 3.8) is 0 Å². The smallest absolute Gasteiger partial charge is 0.410 e. The number of fused-ring (bicyclic) bond motifs is 1. The Hall–Kier alpha value is -2.64. The van der Waals surface area contributed by atoms with Gasteiger partial charge in [-0.1, -0.05) is 0 Å². The Balaban J connectivity index is 1.50. The topological polar surface area (TPSA) is 86.6 Å². The molecule has 0 aromatic carbocycles. The number of carbonyl (C=O) groups is 2. The highest BCUT2D eigenvalue weighted by Gasteiger charge is 2.27. The van der Waals surface area contributed by atoms with Crippen molar-refractivity contribution < 1.29 is 19.1 Å². The number of likely N-dealkylation sites (tertiary alicyclic amines) is 1. The van der Waals surface area contributed by atoms with Gasteiger partial charge in [-0.15, -0.1) is 0 Å². The van der Waals surface area contributed by atoms with Crippen LogP contribution in [-0.2, 0) is 9.47 Å². The van der Waals surface area contributed by atoms with E-state index in [9.17, 15) is 9.59 Å². The van der Waals surface area contributed by atoms with E-state index in [1.54, 1.807) is 17.2 Å². The van der Waals surface area contributed by atoms with Gasteiger partial charge in [0.15, 0.2) is 5.65 Å². The second-order valence-corrected chi connectivity index (χ2v) is 8.83. The van der Waals surface area contributed by atoms with Crippen LogP contribution in [0.5, 0.6) is 0 Å². The van der Waals surface area contributed by atoms with Gasteiger partial charge in [-0.05, 0) is 59.4 Å². The molecule has 0 unspecified atom stereocenters. The van der Waals surface area contributed by atoms with Crippen molar-refractivity contribution in [2.45, 2.75) is 59.1 Å². The standard InChI is InChI=1S/C21H30N4O4/c1-14(2)25-18-16(12-23-25)10-17(11-22-18)19(26)28-13-15-6-8-24(9-7-15)20(27)29-21(3,4)5/h10-12,14-15H,6-9,13H2,1-5H3. The minimum Gasteiger partial charge on any atom is -0.462 e.